The lowest BCUT2D eigenvalue weighted by molar-refractivity contribution is -0.386. The van der Waals surface area contributed by atoms with Gasteiger partial charge in [0.05, 0.1) is 17.3 Å². The lowest BCUT2D eigenvalue weighted by Crippen LogP contribution is -2.25. The number of para-hydroxylation sites is 1. The van der Waals surface area contributed by atoms with Crippen LogP contribution in [-0.4, -0.2) is 25.7 Å². The van der Waals surface area contributed by atoms with E-state index in [2.05, 4.69) is 0 Å². The number of nitrogens with zero attached hydrogens (tertiary/aromatic N) is 1. The largest absolute Gasteiger partial charge is 0.486 e. The standard InChI is InChI=1S/C13H18ClNO5S/c1-9(2)11(8-21(14,18)19)7-20-13-10(3)5-4-6-12(13)15(16)17/h4-6,9,11H,7-8H2,1-3H3. The van der Waals surface area contributed by atoms with Gasteiger partial charge in [-0.1, -0.05) is 26.0 Å². The van der Waals surface area contributed by atoms with Gasteiger partial charge in [0.1, 0.15) is 0 Å². The van der Waals surface area contributed by atoms with E-state index in [1.807, 2.05) is 13.8 Å². The van der Waals surface area contributed by atoms with Gasteiger partial charge in [-0.2, -0.15) is 0 Å². The lowest BCUT2D eigenvalue weighted by atomic mass is 9.99. The third kappa shape index (κ3) is 5.51. The molecule has 1 atom stereocenters. The van der Waals surface area contributed by atoms with Crippen LogP contribution >= 0.6 is 10.7 Å². The average molecular weight is 336 g/mol. The summed E-state index contributed by atoms with van der Waals surface area (Å²) in [4.78, 5) is 10.5. The first-order valence-corrected chi connectivity index (χ1v) is 8.88. The van der Waals surface area contributed by atoms with Crippen molar-refractivity contribution in [2.24, 2.45) is 11.8 Å². The number of rotatable bonds is 7. The van der Waals surface area contributed by atoms with Crippen molar-refractivity contribution >= 4 is 25.4 Å². The van der Waals surface area contributed by atoms with Gasteiger partial charge in [-0.25, -0.2) is 8.42 Å². The second-order valence-electron chi connectivity index (χ2n) is 5.20. The second-order valence-corrected chi connectivity index (χ2v) is 8.02. The van der Waals surface area contributed by atoms with Crippen LogP contribution in [0.5, 0.6) is 5.75 Å². The number of halogens is 1. The minimum Gasteiger partial charge on any atom is -0.486 e. The average Bonchev–Trinajstić information content (AvgIpc) is 2.33. The maximum atomic E-state index is 11.2. The van der Waals surface area contributed by atoms with Crippen molar-refractivity contribution in [2.75, 3.05) is 12.4 Å². The molecule has 0 fully saturated rings. The van der Waals surface area contributed by atoms with Gasteiger partial charge in [-0.05, 0) is 18.4 Å². The Kier molecular flexibility index (Phi) is 5.98. The van der Waals surface area contributed by atoms with Crippen LogP contribution in [0.4, 0.5) is 5.69 Å². The number of nitro benzene ring substituents is 1. The summed E-state index contributed by atoms with van der Waals surface area (Å²) in [5, 5.41) is 11.0. The van der Waals surface area contributed by atoms with Crippen molar-refractivity contribution in [3.63, 3.8) is 0 Å². The molecule has 1 aromatic rings. The number of hydrogen-bond donors (Lipinski definition) is 0. The third-order valence-electron chi connectivity index (χ3n) is 3.19. The zero-order valence-electron chi connectivity index (χ0n) is 12.1. The summed E-state index contributed by atoms with van der Waals surface area (Å²) < 4.78 is 27.9. The van der Waals surface area contributed by atoms with E-state index in [4.69, 9.17) is 15.4 Å². The summed E-state index contributed by atoms with van der Waals surface area (Å²) in [7, 11) is 1.62. The number of nitro groups is 1. The van der Waals surface area contributed by atoms with Gasteiger partial charge >= 0.3 is 5.69 Å². The molecule has 0 heterocycles. The molecule has 0 amide bonds. The Morgan fingerprint density at radius 2 is 2.00 bits per heavy atom. The monoisotopic (exact) mass is 335 g/mol. The fourth-order valence-corrected chi connectivity index (χ4v) is 3.33. The molecule has 6 nitrogen and oxygen atoms in total. The summed E-state index contributed by atoms with van der Waals surface area (Å²) in [6.45, 7) is 5.45. The summed E-state index contributed by atoms with van der Waals surface area (Å²) in [6.07, 6.45) is 0. The summed E-state index contributed by atoms with van der Waals surface area (Å²) in [5.41, 5.74) is 0.492. The Morgan fingerprint density at radius 3 is 2.48 bits per heavy atom. The van der Waals surface area contributed by atoms with Crippen molar-refractivity contribution in [1.29, 1.82) is 0 Å². The molecule has 0 saturated heterocycles. The van der Waals surface area contributed by atoms with Crippen LogP contribution in [0.3, 0.4) is 0 Å². The molecule has 0 aromatic heterocycles. The van der Waals surface area contributed by atoms with Gasteiger partial charge in [0.25, 0.3) is 0 Å². The highest BCUT2D eigenvalue weighted by atomic mass is 35.7. The minimum absolute atomic E-state index is 0.0154. The molecule has 0 spiro atoms. The molecule has 0 N–H and O–H groups in total. The number of benzene rings is 1. The zero-order chi connectivity index (χ0) is 16.2. The van der Waals surface area contributed by atoms with Gasteiger partial charge < -0.3 is 4.74 Å². The molecule has 21 heavy (non-hydrogen) atoms. The van der Waals surface area contributed by atoms with Crippen molar-refractivity contribution < 1.29 is 18.1 Å². The van der Waals surface area contributed by atoms with Crippen molar-refractivity contribution in [3.8, 4) is 5.75 Å². The predicted octanol–water partition coefficient (Wildman–Crippen LogP) is 3.12. The lowest BCUT2D eigenvalue weighted by Gasteiger charge is -2.20. The van der Waals surface area contributed by atoms with Crippen LogP contribution in [0.2, 0.25) is 0 Å². The Balaban J connectivity index is 2.93. The van der Waals surface area contributed by atoms with Gasteiger partial charge in [0, 0.05) is 22.7 Å². The number of ether oxygens (including phenoxy) is 1. The van der Waals surface area contributed by atoms with Crippen molar-refractivity contribution in [1.82, 2.24) is 0 Å². The van der Waals surface area contributed by atoms with E-state index in [1.54, 1.807) is 19.1 Å². The van der Waals surface area contributed by atoms with Crippen LogP contribution < -0.4 is 4.74 Å². The molecular weight excluding hydrogens is 318 g/mol. The SMILES string of the molecule is Cc1cccc([N+](=O)[O-])c1OCC(CS(=O)(=O)Cl)C(C)C. The molecule has 0 aliphatic carbocycles. The van der Waals surface area contributed by atoms with E-state index in [0.717, 1.165) is 0 Å². The first-order valence-electron chi connectivity index (χ1n) is 6.41. The molecular formula is C13H18ClNO5S. The van der Waals surface area contributed by atoms with E-state index in [-0.39, 0.29) is 35.6 Å². The predicted molar refractivity (Wildman–Crippen MR) is 81.3 cm³/mol. The van der Waals surface area contributed by atoms with Gasteiger partial charge in [0.15, 0.2) is 5.75 Å². The Labute approximate surface area is 128 Å². The summed E-state index contributed by atoms with van der Waals surface area (Å²) >= 11 is 0. The molecule has 0 aliphatic rings. The van der Waals surface area contributed by atoms with E-state index in [9.17, 15) is 18.5 Å². The first-order chi connectivity index (χ1) is 9.61. The van der Waals surface area contributed by atoms with Gasteiger partial charge in [0.2, 0.25) is 9.05 Å². The molecule has 1 unspecified atom stereocenters. The molecule has 0 aliphatic heterocycles. The fourth-order valence-electron chi connectivity index (χ4n) is 1.85. The first kappa shape index (κ1) is 17.7. The van der Waals surface area contributed by atoms with Crippen molar-refractivity contribution in [3.05, 3.63) is 33.9 Å². The quantitative estimate of drug-likeness (QED) is 0.434. The molecule has 1 aromatic carbocycles. The molecule has 0 saturated carbocycles. The van der Waals surface area contributed by atoms with E-state index >= 15 is 0 Å². The fraction of sp³-hybridized carbons (Fsp3) is 0.538. The smallest absolute Gasteiger partial charge is 0.311 e. The van der Waals surface area contributed by atoms with E-state index < -0.39 is 14.0 Å². The zero-order valence-corrected chi connectivity index (χ0v) is 13.6. The Morgan fingerprint density at radius 1 is 1.38 bits per heavy atom. The highest BCUT2D eigenvalue weighted by molar-refractivity contribution is 8.13. The van der Waals surface area contributed by atoms with Crippen LogP contribution in [-0.2, 0) is 9.05 Å². The Hall–Kier alpha value is -1.34. The maximum Gasteiger partial charge on any atom is 0.311 e. The maximum absolute atomic E-state index is 11.2. The van der Waals surface area contributed by atoms with Crippen LogP contribution in [0.1, 0.15) is 19.4 Å². The normalized spacial score (nSPS) is 13.2. The molecule has 0 bridgehead atoms. The molecule has 118 valence electrons. The Bertz CT molecular complexity index is 615. The third-order valence-corrected chi connectivity index (χ3v) is 4.39. The van der Waals surface area contributed by atoms with Gasteiger partial charge in [-0.15, -0.1) is 0 Å². The second kappa shape index (κ2) is 7.09. The number of aryl methyl sites for hydroxylation is 1. The highest BCUT2D eigenvalue weighted by Gasteiger charge is 2.24. The summed E-state index contributed by atoms with van der Waals surface area (Å²) in [5.74, 6) is -0.389. The van der Waals surface area contributed by atoms with Crippen LogP contribution in [0, 0.1) is 28.9 Å². The summed E-state index contributed by atoms with van der Waals surface area (Å²) in [6, 6.07) is 4.62. The van der Waals surface area contributed by atoms with Crippen LogP contribution in [0.25, 0.3) is 0 Å². The molecule has 8 heteroatoms. The van der Waals surface area contributed by atoms with Crippen LogP contribution in [0.15, 0.2) is 18.2 Å². The van der Waals surface area contributed by atoms with E-state index in [0.29, 0.717) is 5.56 Å². The van der Waals surface area contributed by atoms with Gasteiger partial charge in [-0.3, -0.25) is 10.1 Å². The molecule has 1 rings (SSSR count). The topological polar surface area (TPSA) is 86.5 Å². The van der Waals surface area contributed by atoms with Crippen molar-refractivity contribution in [2.45, 2.75) is 20.8 Å². The molecule has 0 radical (unpaired) electrons. The minimum atomic E-state index is -3.65. The number of hydrogen-bond acceptors (Lipinski definition) is 5. The highest BCUT2D eigenvalue weighted by Crippen LogP contribution is 2.31. The van der Waals surface area contributed by atoms with E-state index in [1.165, 1.54) is 6.07 Å².